The van der Waals surface area contributed by atoms with Gasteiger partial charge in [-0.2, -0.15) is 0 Å². The molecule has 0 bridgehead atoms. The summed E-state index contributed by atoms with van der Waals surface area (Å²) in [6.45, 7) is 0.800. The third-order valence-electron chi connectivity index (χ3n) is 3.13. The predicted molar refractivity (Wildman–Crippen MR) is 72.4 cm³/mol. The number of aromatic nitrogens is 1. The van der Waals surface area contributed by atoms with Crippen LogP contribution in [0.5, 0.6) is 0 Å². The number of hydrogen-bond donors (Lipinski definition) is 1. The minimum Gasteiger partial charge on any atom is -0.478 e. The fraction of sp³-hybridized carbons (Fsp3) is 0.286. The van der Waals surface area contributed by atoms with Crippen molar-refractivity contribution in [3.63, 3.8) is 0 Å². The summed E-state index contributed by atoms with van der Waals surface area (Å²) in [6.07, 6.45) is 2.21. The molecule has 1 aliphatic heterocycles. The lowest BCUT2D eigenvalue weighted by Gasteiger charge is -2.04. The Morgan fingerprint density at radius 1 is 1.47 bits per heavy atom. The highest BCUT2D eigenvalue weighted by Gasteiger charge is 2.21. The number of carboxylic acid groups (broad SMARTS) is 1. The van der Waals surface area contributed by atoms with Gasteiger partial charge >= 0.3 is 5.97 Å². The van der Waals surface area contributed by atoms with Gasteiger partial charge in [-0.1, -0.05) is 12.1 Å². The van der Waals surface area contributed by atoms with Gasteiger partial charge in [0.15, 0.2) is 0 Å². The zero-order chi connectivity index (χ0) is 13.2. The summed E-state index contributed by atoms with van der Waals surface area (Å²) < 4.78 is 5.60. The minimum absolute atomic E-state index is 0.112. The van der Waals surface area contributed by atoms with Crippen LogP contribution in [0.3, 0.4) is 0 Å². The molecular formula is C14H13NO3S. The van der Waals surface area contributed by atoms with Crippen LogP contribution in [0, 0.1) is 0 Å². The van der Waals surface area contributed by atoms with Gasteiger partial charge in [-0.05, 0) is 25.0 Å². The molecule has 19 heavy (non-hydrogen) atoms. The summed E-state index contributed by atoms with van der Waals surface area (Å²) in [5.41, 5.74) is 1.93. The first-order chi connectivity index (χ1) is 9.24. The summed E-state index contributed by atoms with van der Waals surface area (Å²) in [5.74, 6) is -0.920. The molecule has 1 N–H and O–H groups in total. The second-order valence-corrected chi connectivity index (χ2v) is 5.35. The Bertz CT molecular complexity index is 602. The molecule has 1 aromatic heterocycles. The average molecular weight is 275 g/mol. The van der Waals surface area contributed by atoms with E-state index < -0.39 is 5.97 Å². The van der Waals surface area contributed by atoms with E-state index in [1.807, 2.05) is 11.4 Å². The van der Waals surface area contributed by atoms with Gasteiger partial charge in [0.1, 0.15) is 11.1 Å². The summed E-state index contributed by atoms with van der Waals surface area (Å²) in [4.78, 5) is 15.5. The highest BCUT2D eigenvalue weighted by molar-refractivity contribution is 7.10. The molecule has 2 heterocycles. The largest absolute Gasteiger partial charge is 0.478 e. The van der Waals surface area contributed by atoms with Gasteiger partial charge in [-0.3, -0.25) is 0 Å². The Morgan fingerprint density at radius 2 is 2.37 bits per heavy atom. The van der Waals surface area contributed by atoms with Gasteiger partial charge in [0.25, 0.3) is 0 Å². The molecule has 1 aromatic carbocycles. The maximum atomic E-state index is 11.0. The van der Waals surface area contributed by atoms with Crippen LogP contribution in [-0.2, 0) is 4.74 Å². The van der Waals surface area contributed by atoms with Gasteiger partial charge in [0.2, 0.25) is 0 Å². The van der Waals surface area contributed by atoms with Gasteiger partial charge in [-0.25, -0.2) is 9.78 Å². The van der Waals surface area contributed by atoms with Gasteiger partial charge in [0, 0.05) is 17.6 Å². The smallest absolute Gasteiger partial charge is 0.335 e. The Kier molecular flexibility index (Phi) is 3.31. The normalized spacial score (nSPS) is 18.6. The van der Waals surface area contributed by atoms with E-state index in [0.29, 0.717) is 0 Å². The molecule has 1 atom stereocenters. The number of carboxylic acids is 1. The lowest BCUT2D eigenvalue weighted by molar-refractivity contribution is 0.0697. The standard InChI is InChI=1S/C14H13NO3S/c16-14(17)10-4-1-3-9(7-10)11-8-19-13(15-11)12-5-2-6-18-12/h1,3-4,7-8,12H,2,5-6H2,(H,16,17). The number of aromatic carboxylic acids is 1. The second kappa shape index (κ2) is 5.11. The Morgan fingerprint density at radius 3 is 3.11 bits per heavy atom. The molecule has 3 rings (SSSR count). The number of thiazole rings is 1. The number of carbonyl (C=O) groups is 1. The van der Waals surface area contributed by atoms with Gasteiger partial charge in [0.05, 0.1) is 11.3 Å². The minimum atomic E-state index is -0.920. The highest BCUT2D eigenvalue weighted by Crippen LogP contribution is 2.33. The zero-order valence-electron chi connectivity index (χ0n) is 10.2. The Labute approximate surface area is 114 Å². The van der Waals surface area contributed by atoms with Crippen molar-refractivity contribution in [3.05, 3.63) is 40.2 Å². The SMILES string of the molecule is O=C(O)c1cccc(-c2csc(C3CCCO3)n2)c1. The third-order valence-corrected chi connectivity index (χ3v) is 4.07. The molecule has 1 fully saturated rings. The van der Waals surface area contributed by atoms with Crippen molar-refractivity contribution in [1.82, 2.24) is 4.98 Å². The lowest BCUT2D eigenvalue weighted by Crippen LogP contribution is -1.96. The average Bonchev–Trinajstić information content (AvgIpc) is 3.09. The van der Waals surface area contributed by atoms with Crippen molar-refractivity contribution in [3.8, 4) is 11.3 Å². The maximum absolute atomic E-state index is 11.0. The third kappa shape index (κ3) is 2.52. The molecule has 98 valence electrons. The van der Waals surface area contributed by atoms with Crippen LogP contribution >= 0.6 is 11.3 Å². The number of ether oxygens (including phenoxy) is 1. The van der Waals surface area contributed by atoms with E-state index in [0.717, 1.165) is 35.7 Å². The summed E-state index contributed by atoms with van der Waals surface area (Å²) in [6, 6.07) is 6.85. The van der Waals surface area contributed by atoms with Crippen LogP contribution in [0.25, 0.3) is 11.3 Å². The van der Waals surface area contributed by atoms with Crippen LogP contribution in [0.15, 0.2) is 29.6 Å². The number of rotatable bonds is 3. The topological polar surface area (TPSA) is 59.4 Å². The van der Waals surface area contributed by atoms with Gasteiger partial charge < -0.3 is 9.84 Å². The number of benzene rings is 1. The molecule has 0 spiro atoms. The van der Waals surface area contributed by atoms with Gasteiger partial charge in [-0.15, -0.1) is 11.3 Å². The Hall–Kier alpha value is -1.72. The molecule has 0 amide bonds. The van der Waals surface area contributed by atoms with Crippen molar-refractivity contribution >= 4 is 17.3 Å². The molecule has 1 saturated heterocycles. The zero-order valence-corrected chi connectivity index (χ0v) is 11.0. The van der Waals surface area contributed by atoms with E-state index in [1.165, 1.54) is 0 Å². The van der Waals surface area contributed by atoms with Crippen LogP contribution in [-0.4, -0.2) is 22.7 Å². The number of hydrogen-bond acceptors (Lipinski definition) is 4. The maximum Gasteiger partial charge on any atom is 0.335 e. The first-order valence-electron chi connectivity index (χ1n) is 6.15. The van der Waals surface area contributed by atoms with Crippen molar-refractivity contribution in [1.29, 1.82) is 0 Å². The van der Waals surface area contributed by atoms with E-state index in [-0.39, 0.29) is 11.7 Å². The summed E-state index contributed by atoms with van der Waals surface area (Å²) in [7, 11) is 0. The molecule has 5 heteroatoms. The van der Waals surface area contributed by atoms with E-state index in [1.54, 1.807) is 29.5 Å². The predicted octanol–water partition coefficient (Wildman–Crippen LogP) is 3.36. The first-order valence-corrected chi connectivity index (χ1v) is 7.03. The van der Waals surface area contributed by atoms with E-state index in [4.69, 9.17) is 9.84 Å². The molecule has 4 nitrogen and oxygen atoms in total. The van der Waals surface area contributed by atoms with Crippen LogP contribution in [0.1, 0.15) is 34.3 Å². The molecule has 2 aromatic rings. The second-order valence-electron chi connectivity index (χ2n) is 4.46. The molecule has 0 radical (unpaired) electrons. The van der Waals surface area contributed by atoms with Crippen LogP contribution < -0.4 is 0 Å². The molecule has 1 unspecified atom stereocenters. The highest BCUT2D eigenvalue weighted by atomic mass is 32.1. The van der Waals surface area contributed by atoms with Crippen molar-refractivity contribution < 1.29 is 14.6 Å². The van der Waals surface area contributed by atoms with Crippen LogP contribution in [0.4, 0.5) is 0 Å². The quantitative estimate of drug-likeness (QED) is 0.933. The Balaban J connectivity index is 1.89. The molecule has 0 aliphatic carbocycles. The monoisotopic (exact) mass is 275 g/mol. The molecular weight excluding hydrogens is 262 g/mol. The molecule has 1 aliphatic rings. The first kappa shape index (κ1) is 12.3. The van der Waals surface area contributed by atoms with Crippen molar-refractivity contribution in [2.45, 2.75) is 18.9 Å². The number of nitrogens with zero attached hydrogens (tertiary/aromatic N) is 1. The summed E-state index contributed by atoms with van der Waals surface area (Å²) >= 11 is 1.57. The summed E-state index contributed by atoms with van der Waals surface area (Å²) in [5, 5.41) is 11.9. The van der Waals surface area contributed by atoms with E-state index >= 15 is 0 Å². The van der Waals surface area contributed by atoms with E-state index in [9.17, 15) is 4.79 Å². The van der Waals surface area contributed by atoms with Crippen LogP contribution in [0.2, 0.25) is 0 Å². The van der Waals surface area contributed by atoms with Crippen molar-refractivity contribution in [2.24, 2.45) is 0 Å². The van der Waals surface area contributed by atoms with E-state index in [2.05, 4.69) is 4.98 Å². The van der Waals surface area contributed by atoms with Crippen molar-refractivity contribution in [2.75, 3.05) is 6.61 Å². The fourth-order valence-electron chi connectivity index (χ4n) is 2.15. The lowest BCUT2D eigenvalue weighted by atomic mass is 10.1. The molecule has 0 saturated carbocycles. The fourth-order valence-corrected chi connectivity index (χ4v) is 3.06.